The third kappa shape index (κ3) is 56.8. The van der Waals surface area contributed by atoms with Crippen molar-refractivity contribution in [3.8, 4) is 0 Å². The van der Waals surface area contributed by atoms with Gasteiger partial charge in [-0.15, -0.1) is 0 Å². The second-order valence-corrected chi connectivity index (χ2v) is 31.0. The molecule has 0 rings (SSSR count). The van der Waals surface area contributed by atoms with E-state index in [1.165, 1.54) is 6.92 Å². The lowest BCUT2D eigenvalue weighted by atomic mass is 10.1. The van der Waals surface area contributed by atoms with Crippen LogP contribution in [0.4, 0.5) is 9.59 Å². The summed E-state index contributed by atoms with van der Waals surface area (Å²) in [5.74, 6) is -11.5. The van der Waals surface area contributed by atoms with Crippen molar-refractivity contribution in [2.45, 2.75) is 324 Å². The summed E-state index contributed by atoms with van der Waals surface area (Å²) in [6.45, 7) is 26.4. The van der Waals surface area contributed by atoms with Crippen LogP contribution in [-0.4, -0.2) is 232 Å². The molecule has 113 heavy (non-hydrogen) atoms. The van der Waals surface area contributed by atoms with Crippen LogP contribution in [0, 0.1) is 0 Å². The lowest BCUT2D eigenvalue weighted by Gasteiger charge is -2.24. The number of hydrogen-bond donors (Lipinski definition) is 10. The minimum atomic E-state index is -1.57. The van der Waals surface area contributed by atoms with Crippen LogP contribution in [-0.2, 0) is 114 Å². The standard InChI is InChI=1S/C77H134N10O26/c1-18-22-42-105-62(92)38-34-56(70(100)107-44-24-20-3)84-58(88)36-32-54(66(96)80-46-64(94)110-74(6,7)8)86-68(98)52(30-26-28-40-78-72(102)112-76(12,13)14)82-60(90)49-104-48-51(5)109-50-61(91)83-53(31-27-29-41-79-73(103)113-77(15,16)17)69(99)87-55(67(97)81-47-65(95)111-75(9,10)11)33-37-59(89)85-57(71(101)108-45-25-21-4)35-39-63(93)106-43-23-19-2/h51-57H,18-50H2,1-17H3,(H,78,102)(H,79,103)(H,80,96)(H,81,97)(H,82,90)(H,83,91)(H,84,88)(H,85,89)(H,86,98)(H,87,99). The van der Waals surface area contributed by atoms with Crippen LogP contribution in [0.3, 0.4) is 0 Å². The average Bonchev–Trinajstić information content (AvgIpc) is 0.876. The Labute approximate surface area is 666 Å². The van der Waals surface area contributed by atoms with E-state index in [-0.39, 0.29) is 110 Å². The molecule has 0 aliphatic rings. The number of hydrogen-bond acceptors (Lipinski definition) is 26. The number of amides is 10. The minimum Gasteiger partial charge on any atom is -0.466 e. The van der Waals surface area contributed by atoms with Crippen LogP contribution in [0.1, 0.15) is 259 Å². The van der Waals surface area contributed by atoms with Gasteiger partial charge < -0.3 is 101 Å². The van der Waals surface area contributed by atoms with Crippen molar-refractivity contribution in [1.82, 2.24) is 53.2 Å². The molecular formula is C77H134N10O26. The average molecular weight is 1620 g/mol. The zero-order valence-corrected chi connectivity index (χ0v) is 70.0. The summed E-state index contributed by atoms with van der Waals surface area (Å²) < 4.78 is 53.9. The fourth-order valence-electron chi connectivity index (χ4n) is 9.70. The van der Waals surface area contributed by atoms with E-state index < -0.39 is 212 Å². The summed E-state index contributed by atoms with van der Waals surface area (Å²) in [5.41, 5.74) is -3.49. The van der Waals surface area contributed by atoms with E-state index in [0.717, 1.165) is 12.8 Å². The first-order chi connectivity index (χ1) is 52.9. The molecule has 0 fully saturated rings. The fraction of sp³-hybridized carbons (Fsp3) is 0.792. The van der Waals surface area contributed by atoms with Crippen LogP contribution in [0.2, 0.25) is 0 Å². The lowest BCUT2D eigenvalue weighted by molar-refractivity contribution is -0.155. The molecule has 7 unspecified atom stereocenters. The van der Waals surface area contributed by atoms with Gasteiger partial charge in [-0.2, -0.15) is 0 Å². The predicted molar refractivity (Wildman–Crippen MR) is 412 cm³/mol. The molecule has 7 atom stereocenters. The second-order valence-electron chi connectivity index (χ2n) is 31.0. The highest BCUT2D eigenvalue weighted by atomic mass is 16.6. The van der Waals surface area contributed by atoms with Gasteiger partial charge in [0.25, 0.3) is 0 Å². The van der Waals surface area contributed by atoms with E-state index in [1.54, 1.807) is 83.1 Å². The van der Waals surface area contributed by atoms with E-state index in [4.69, 9.17) is 47.4 Å². The third-order valence-electron chi connectivity index (χ3n) is 15.3. The molecule has 36 nitrogen and oxygen atoms in total. The lowest BCUT2D eigenvalue weighted by Crippen LogP contribution is -2.55. The normalized spacial score (nSPS) is 13.3. The monoisotopic (exact) mass is 1610 g/mol. The van der Waals surface area contributed by atoms with Crippen molar-refractivity contribution < 1.29 is 124 Å². The van der Waals surface area contributed by atoms with E-state index in [1.807, 2.05) is 27.7 Å². The Hall–Kier alpha value is -8.96. The number of carbonyl (C=O) groups excluding carboxylic acids is 16. The third-order valence-corrected chi connectivity index (χ3v) is 15.3. The van der Waals surface area contributed by atoms with Crippen molar-refractivity contribution >= 4 is 95.3 Å². The van der Waals surface area contributed by atoms with E-state index in [9.17, 15) is 76.7 Å². The Morgan fingerprint density at radius 3 is 0.973 bits per heavy atom. The van der Waals surface area contributed by atoms with E-state index >= 15 is 0 Å². The molecule has 648 valence electrons. The fourth-order valence-corrected chi connectivity index (χ4v) is 9.70. The molecule has 0 aliphatic carbocycles. The Morgan fingerprint density at radius 2 is 0.628 bits per heavy atom. The molecule has 0 aliphatic heterocycles. The first-order valence-corrected chi connectivity index (χ1v) is 39.4. The summed E-state index contributed by atoms with van der Waals surface area (Å²) in [6, 6.07) is -8.56. The van der Waals surface area contributed by atoms with Crippen molar-refractivity contribution in [2.75, 3.05) is 72.4 Å². The highest BCUT2D eigenvalue weighted by Crippen LogP contribution is 2.15. The number of nitrogens with one attached hydrogen (secondary N) is 10. The molecule has 10 N–H and O–H groups in total. The first-order valence-electron chi connectivity index (χ1n) is 39.4. The molecule has 10 amide bonds. The quantitative estimate of drug-likeness (QED) is 0.0215. The molecule has 0 radical (unpaired) electrons. The molecule has 0 spiro atoms. The number of alkyl carbamates (subject to hydrolysis) is 2. The zero-order valence-electron chi connectivity index (χ0n) is 70.0. The van der Waals surface area contributed by atoms with Gasteiger partial charge in [0.05, 0.1) is 39.1 Å². The largest absolute Gasteiger partial charge is 0.466 e. The van der Waals surface area contributed by atoms with E-state index in [2.05, 4.69) is 53.2 Å². The van der Waals surface area contributed by atoms with Crippen LogP contribution >= 0.6 is 0 Å². The van der Waals surface area contributed by atoms with Crippen molar-refractivity contribution in [3.05, 3.63) is 0 Å². The number of rotatable bonds is 57. The summed E-state index contributed by atoms with van der Waals surface area (Å²) in [4.78, 5) is 213. The SMILES string of the molecule is CCCCOC(=O)CCC(NC(=O)CCC(NC(=O)C(CCCCNC(=O)OC(C)(C)C)NC(=O)COCC(C)OCC(=O)NC(CCCCNC(=O)OC(C)(C)C)C(=O)NC(CCC(=O)NC(CCC(=O)OCCCC)C(=O)OCCCC)C(=O)NCC(=O)OC(C)(C)C)C(=O)NCC(=O)OC(C)(C)C)C(=O)OCCCC. The van der Waals surface area contributed by atoms with Gasteiger partial charge in [-0.3, -0.25) is 57.5 Å². The summed E-state index contributed by atoms with van der Waals surface area (Å²) in [6.07, 6.45) is 0.843. The van der Waals surface area contributed by atoms with Crippen molar-refractivity contribution in [1.29, 1.82) is 0 Å². The Bertz CT molecular complexity index is 2980. The number of unbranched alkanes of at least 4 members (excludes halogenated alkanes) is 6. The highest BCUT2D eigenvalue weighted by molar-refractivity contribution is 5.95. The molecule has 36 heteroatoms. The van der Waals surface area contributed by atoms with Gasteiger partial charge in [0.2, 0.25) is 47.3 Å². The molecule has 0 aromatic rings. The van der Waals surface area contributed by atoms with Crippen molar-refractivity contribution in [3.63, 3.8) is 0 Å². The molecule has 0 saturated heterocycles. The second kappa shape index (κ2) is 57.1. The Morgan fingerprint density at radius 1 is 0.310 bits per heavy atom. The van der Waals surface area contributed by atoms with Gasteiger partial charge in [0.15, 0.2) is 0 Å². The van der Waals surface area contributed by atoms with Crippen LogP contribution < -0.4 is 53.2 Å². The van der Waals surface area contributed by atoms with Gasteiger partial charge in [-0.25, -0.2) is 19.2 Å². The Balaban J connectivity index is 6.93. The zero-order chi connectivity index (χ0) is 85.8. The summed E-state index contributed by atoms with van der Waals surface area (Å²) in [5, 5.41) is 25.5. The number of carbonyl (C=O) groups is 16. The summed E-state index contributed by atoms with van der Waals surface area (Å²) >= 11 is 0. The molecule has 0 bridgehead atoms. The van der Waals surface area contributed by atoms with Gasteiger partial charge in [0, 0.05) is 38.8 Å². The first kappa shape index (κ1) is 104. The van der Waals surface area contributed by atoms with Gasteiger partial charge in [-0.05, 0) is 180 Å². The highest BCUT2D eigenvalue weighted by Gasteiger charge is 2.33. The van der Waals surface area contributed by atoms with Crippen LogP contribution in [0.25, 0.3) is 0 Å². The summed E-state index contributed by atoms with van der Waals surface area (Å²) in [7, 11) is 0. The molecule has 0 heterocycles. The Kier molecular flexibility index (Phi) is 52.6. The van der Waals surface area contributed by atoms with Crippen LogP contribution in [0.5, 0.6) is 0 Å². The topological polar surface area (TPSA) is 486 Å². The van der Waals surface area contributed by atoms with Crippen LogP contribution in [0.15, 0.2) is 0 Å². The van der Waals surface area contributed by atoms with Gasteiger partial charge in [0.1, 0.15) is 85.0 Å². The predicted octanol–water partition coefficient (Wildman–Crippen LogP) is 5.12. The maximum atomic E-state index is 14.4. The smallest absolute Gasteiger partial charge is 0.407 e. The van der Waals surface area contributed by atoms with Gasteiger partial charge >= 0.3 is 48.0 Å². The van der Waals surface area contributed by atoms with E-state index in [0.29, 0.717) is 38.5 Å². The molecule has 0 saturated carbocycles. The van der Waals surface area contributed by atoms with Gasteiger partial charge in [-0.1, -0.05) is 53.4 Å². The maximum absolute atomic E-state index is 14.4. The number of esters is 6. The molecule has 0 aromatic heterocycles. The van der Waals surface area contributed by atoms with Crippen molar-refractivity contribution in [2.24, 2.45) is 0 Å². The molecular weight excluding hydrogens is 1480 g/mol. The molecule has 0 aromatic carbocycles. The number of ether oxygens (including phenoxy) is 10. The minimum absolute atomic E-state index is 0.0433. The maximum Gasteiger partial charge on any atom is 0.407 e.